The molecule has 1 fully saturated rings. The van der Waals surface area contributed by atoms with E-state index in [9.17, 15) is 0 Å². The number of thioether (sulfide) groups is 1. The Kier molecular flexibility index (Phi) is 10.7. The number of hydrogen-bond acceptors (Lipinski definition) is 5. The summed E-state index contributed by atoms with van der Waals surface area (Å²) in [5.74, 6) is 1.45. The topological polar surface area (TPSA) is 67.8 Å². The second-order valence-electron chi connectivity index (χ2n) is 6.99. The molecule has 0 radical (unpaired) electrons. The Morgan fingerprint density at radius 2 is 1.93 bits per heavy atom. The van der Waals surface area contributed by atoms with Crippen LogP contribution in [0.25, 0.3) is 0 Å². The molecular formula is C22H31IN4O2S. The zero-order valence-corrected chi connectivity index (χ0v) is 20.7. The molecule has 1 aromatic heterocycles. The quantitative estimate of drug-likeness (QED) is 0.193. The maximum absolute atomic E-state index is 5.50. The van der Waals surface area contributed by atoms with Gasteiger partial charge in [-0.2, -0.15) is 0 Å². The number of nitrogens with zero attached hydrogens (tertiary/aromatic N) is 2. The van der Waals surface area contributed by atoms with E-state index in [4.69, 9.17) is 14.5 Å². The second-order valence-corrected chi connectivity index (χ2v) is 8.53. The van der Waals surface area contributed by atoms with E-state index in [1.165, 1.54) is 17.7 Å². The highest BCUT2D eigenvalue weighted by Gasteiger charge is 2.43. The highest BCUT2D eigenvalue weighted by atomic mass is 127. The SMILES string of the molecule is CCNC(=NCc1ccc(OCCOC)nc1)NCC1(Sc2ccccc2)CC1.I. The first-order chi connectivity index (χ1) is 14.2. The van der Waals surface area contributed by atoms with Crippen LogP contribution in [0.3, 0.4) is 0 Å². The minimum absolute atomic E-state index is 0. The molecule has 0 amide bonds. The molecule has 0 saturated heterocycles. The van der Waals surface area contributed by atoms with Gasteiger partial charge in [0.2, 0.25) is 5.88 Å². The van der Waals surface area contributed by atoms with Crippen LogP contribution < -0.4 is 15.4 Å². The van der Waals surface area contributed by atoms with Crippen LogP contribution in [-0.2, 0) is 11.3 Å². The largest absolute Gasteiger partial charge is 0.475 e. The van der Waals surface area contributed by atoms with Crippen molar-refractivity contribution in [2.75, 3.05) is 33.4 Å². The fourth-order valence-electron chi connectivity index (χ4n) is 2.77. The van der Waals surface area contributed by atoms with E-state index in [2.05, 4.69) is 52.9 Å². The fraction of sp³-hybridized carbons (Fsp3) is 0.455. The zero-order chi connectivity index (χ0) is 20.4. The van der Waals surface area contributed by atoms with Crippen molar-refractivity contribution in [2.24, 2.45) is 4.99 Å². The molecule has 0 aliphatic heterocycles. The molecule has 3 rings (SSSR count). The first kappa shape index (κ1) is 24.7. The molecule has 1 aliphatic carbocycles. The number of ether oxygens (including phenoxy) is 2. The summed E-state index contributed by atoms with van der Waals surface area (Å²) >= 11 is 1.96. The molecule has 1 aromatic carbocycles. The third-order valence-corrected chi connectivity index (χ3v) is 6.06. The summed E-state index contributed by atoms with van der Waals surface area (Å²) in [5.41, 5.74) is 1.04. The standard InChI is InChI=1S/C22H30N4O2S.HI/c1-3-23-21(25-16-18-9-10-20(24-15-18)28-14-13-27-2)26-17-22(11-12-22)29-19-7-5-4-6-8-19;/h4-10,15H,3,11-14,16-17H2,1-2H3,(H2,23,25,26);1H. The Morgan fingerprint density at radius 1 is 1.13 bits per heavy atom. The van der Waals surface area contributed by atoms with Crippen LogP contribution in [-0.4, -0.2) is 49.1 Å². The van der Waals surface area contributed by atoms with Crippen LogP contribution in [0.5, 0.6) is 5.88 Å². The summed E-state index contributed by atoms with van der Waals surface area (Å²) in [5, 5.41) is 6.85. The first-order valence-electron chi connectivity index (χ1n) is 10.1. The van der Waals surface area contributed by atoms with Crippen molar-refractivity contribution in [3.05, 3.63) is 54.2 Å². The van der Waals surface area contributed by atoms with Crippen molar-refractivity contribution in [1.82, 2.24) is 15.6 Å². The van der Waals surface area contributed by atoms with E-state index in [0.717, 1.165) is 24.6 Å². The van der Waals surface area contributed by atoms with E-state index in [1.807, 2.05) is 30.1 Å². The van der Waals surface area contributed by atoms with Crippen molar-refractivity contribution < 1.29 is 9.47 Å². The zero-order valence-electron chi connectivity index (χ0n) is 17.6. The predicted octanol–water partition coefficient (Wildman–Crippen LogP) is 4.10. The first-order valence-corrected chi connectivity index (χ1v) is 10.9. The highest BCUT2D eigenvalue weighted by molar-refractivity contribution is 14.0. The molecule has 1 heterocycles. The van der Waals surface area contributed by atoms with Crippen molar-refractivity contribution in [2.45, 2.75) is 36.0 Å². The van der Waals surface area contributed by atoms with Gasteiger partial charge >= 0.3 is 0 Å². The monoisotopic (exact) mass is 542 g/mol. The van der Waals surface area contributed by atoms with Crippen LogP contribution in [0.4, 0.5) is 0 Å². The van der Waals surface area contributed by atoms with Gasteiger partial charge < -0.3 is 20.1 Å². The van der Waals surface area contributed by atoms with E-state index < -0.39 is 0 Å². The average Bonchev–Trinajstić information content (AvgIpc) is 3.51. The smallest absolute Gasteiger partial charge is 0.213 e. The van der Waals surface area contributed by atoms with Gasteiger partial charge in [0.1, 0.15) is 6.61 Å². The number of benzene rings is 1. The molecule has 1 aliphatic rings. The number of aromatic nitrogens is 1. The molecule has 0 unspecified atom stereocenters. The Balaban J connectivity index is 0.00000320. The van der Waals surface area contributed by atoms with Crippen molar-refractivity contribution >= 4 is 41.7 Å². The lowest BCUT2D eigenvalue weighted by Gasteiger charge is -2.18. The van der Waals surface area contributed by atoms with Gasteiger partial charge in [0.15, 0.2) is 5.96 Å². The summed E-state index contributed by atoms with van der Waals surface area (Å²) in [6.45, 7) is 5.43. The number of methoxy groups -OCH3 is 1. The maximum atomic E-state index is 5.50. The van der Waals surface area contributed by atoms with E-state index >= 15 is 0 Å². The van der Waals surface area contributed by atoms with Gasteiger partial charge in [0, 0.05) is 42.1 Å². The summed E-state index contributed by atoms with van der Waals surface area (Å²) < 4.78 is 10.8. The van der Waals surface area contributed by atoms with Crippen LogP contribution in [0.1, 0.15) is 25.3 Å². The van der Waals surface area contributed by atoms with E-state index in [-0.39, 0.29) is 28.7 Å². The lowest BCUT2D eigenvalue weighted by molar-refractivity contribution is 0.143. The van der Waals surface area contributed by atoms with Crippen molar-refractivity contribution in [3.8, 4) is 5.88 Å². The number of guanidine groups is 1. The van der Waals surface area contributed by atoms with Crippen molar-refractivity contribution in [1.29, 1.82) is 0 Å². The molecular weight excluding hydrogens is 511 g/mol. The lowest BCUT2D eigenvalue weighted by Crippen LogP contribution is -2.41. The number of aliphatic imine (C=N–C) groups is 1. The lowest BCUT2D eigenvalue weighted by atomic mass is 10.3. The molecule has 8 heteroatoms. The van der Waals surface area contributed by atoms with Gasteiger partial charge in [0.05, 0.1) is 13.2 Å². The normalized spacial score (nSPS) is 14.5. The molecule has 6 nitrogen and oxygen atoms in total. The van der Waals surface area contributed by atoms with Gasteiger partial charge in [-0.15, -0.1) is 35.7 Å². The summed E-state index contributed by atoms with van der Waals surface area (Å²) in [7, 11) is 1.65. The summed E-state index contributed by atoms with van der Waals surface area (Å²) in [6, 6.07) is 14.5. The Bertz CT molecular complexity index is 770. The van der Waals surface area contributed by atoms with Crippen LogP contribution in [0.2, 0.25) is 0 Å². The molecule has 0 atom stereocenters. The van der Waals surface area contributed by atoms with Crippen LogP contribution >= 0.6 is 35.7 Å². The molecule has 164 valence electrons. The minimum atomic E-state index is 0. The van der Waals surface area contributed by atoms with Crippen LogP contribution in [0, 0.1) is 0 Å². The van der Waals surface area contributed by atoms with Gasteiger partial charge in [-0.25, -0.2) is 9.98 Å². The van der Waals surface area contributed by atoms with Crippen LogP contribution in [0.15, 0.2) is 58.5 Å². The summed E-state index contributed by atoms with van der Waals surface area (Å²) in [4.78, 5) is 10.4. The Labute approximate surface area is 200 Å². The number of hydrogen-bond donors (Lipinski definition) is 2. The average molecular weight is 542 g/mol. The molecule has 2 N–H and O–H groups in total. The number of pyridine rings is 1. The van der Waals surface area contributed by atoms with Gasteiger partial charge in [0.25, 0.3) is 0 Å². The molecule has 0 spiro atoms. The fourth-order valence-corrected chi connectivity index (χ4v) is 4.01. The van der Waals surface area contributed by atoms with Crippen molar-refractivity contribution in [3.63, 3.8) is 0 Å². The predicted molar refractivity (Wildman–Crippen MR) is 134 cm³/mol. The maximum Gasteiger partial charge on any atom is 0.213 e. The third kappa shape index (κ3) is 8.31. The molecule has 1 saturated carbocycles. The minimum Gasteiger partial charge on any atom is -0.475 e. The Hall–Kier alpha value is -1.52. The van der Waals surface area contributed by atoms with E-state index in [0.29, 0.717) is 25.6 Å². The molecule has 0 bridgehead atoms. The number of rotatable bonds is 11. The molecule has 2 aromatic rings. The third-order valence-electron chi connectivity index (χ3n) is 4.56. The number of nitrogens with one attached hydrogen (secondary N) is 2. The number of halogens is 1. The Morgan fingerprint density at radius 3 is 2.57 bits per heavy atom. The van der Waals surface area contributed by atoms with E-state index in [1.54, 1.807) is 7.11 Å². The van der Waals surface area contributed by atoms with Gasteiger partial charge in [-0.3, -0.25) is 0 Å². The highest BCUT2D eigenvalue weighted by Crippen LogP contribution is 2.51. The summed E-state index contributed by atoms with van der Waals surface area (Å²) in [6.07, 6.45) is 4.27. The second kappa shape index (κ2) is 13.0. The van der Waals surface area contributed by atoms with Gasteiger partial charge in [-0.05, 0) is 37.5 Å². The van der Waals surface area contributed by atoms with Gasteiger partial charge in [-0.1, -0.05) is 24.3 Å². The molecule has 30 heavy (non-hydrogen) atoms.